The molecule has 0 spiro atoms. The Bertz CT molecular complexity index is 399. The number of carbonyl (C=O) groups is 1. The minimum absolute atomic E-state index is 0.169. The first-order valence-corrected chi connectivity index (χ1v) is 6.87. The zero-order valence-corrected chi connectivity index (χ0v) is 11.3. The number of rotatable bonds is 4. The van der Waals surface area contributed by atoms with E-state index in [2.05, 4.69) is 19.2 Å². The van der Waals surface area contributed by atoms with Crippen LogP contribution < -0.4 is 5.32 Å². The van der Waals surface area contributed by atoms with Gasteiger partial charge in [0, 0.05) is 30.4 Å². The van der Waals surface area contributed by atoms with Crippen molar-refractivity contribution in [3.63, 3.8) is 0 Å². The van der Waals surface area contributed by atoms with E-state index >= 15 is 0 Å². The monoisotopic (exact) mass is 246 g/mol. The second kappa shape index (κ2) is 5.89. The molecule has 1 atom stereocenters. The van der Waals surface area contributed by atoms with Crippen LogP contribution in [0.1, 0.15) is 43.5 Å². The normalized spacial score (nSPS) is 19.0. The molecule has 1 N–H and O–H groups in total. The van der Waals surface area contributed by atoms with Crippen molar-refractivity contribution in [3.05, 3.63) is 29.8 Å². The highest BCUT2D eigenvalue weighted by Crippen LogP contribution is 2.20. The predicted molar refractivity (Wildman–Crippen MR) is 75.0 cm³/mol. The van der Waals surface area contributed by atoms with Crippen LogP contribution in [0.5, 0.6) is 0 Å². The summed E-state index contributed by atoms with van der Waals surface area (Å²) in [6.45, 7) is 6.13. The van der Waals surface area contributed by atoms with Crippen LogP contribution >= 0.6 is 0 Å². The lowest BCUT2D eigenvalue weighted by Gasteiger charge is -2.21. The molecule has 1 aromatic rings. The van der Waals surface area contributed by atoms with Crippen LogP contribution in [-0.2, 0) is 0 Å². The third-order valence-corrected chi connectivity index (χ3v) is 3.52. The Morgan fingerprint density at radius 1 is 1.39 bits per heavy atom. The summed E-state index contributed by atoms with van der Waals surface area (Å²) in [6.07, 6.45) is 3.36. The Hall–Kier alpha value is -1.51. The molecule has 0 saturated carbocycles. The van der Waals surface area contributed by atoms with Gasteiger partial charge in [-0.15, -0.1) is 0 Å². The van der Waals surface area contributed by atoms with E-state index in [4.69, 9.17) is 0 Å². The molecule has 3 heteroatoms. The minimum Gasteiger partial charge on any atom is -0.385 e. The Kier molecular flexibility index (Phi) is 4.24. The SMILES string of the molecule is CCCNc1ccc(C(=O)N2CCCC2C)cc1. The number of hydrogen-bond acceptors (Lipinski definition) is 2. The fourth-order valence-electron chi connectivity index (χ4n) is 2.40. The van der Waals surface area contributed by atoms with Crippen molar-refractivity contribution in [1.29, 1.82) is 0 Å². The maximum Gasteiger partial charge on any atom is 0.254 e. The summed E-state index contributed by atoms with van der Waals surface area (Å²) in [4.78, 5) is 14.3. The summed E-state index contributed by atoms with van der Waals surface area (Å²) >= 11 is 0. The van der Waals surface area contributed by atoms with Gasteiger partial charge >= 0.3 is 0 Å². The number of anilines is 1. The highest BCUT2D eigenvalue weighted by molar-refractivity contribution is 5.94. The van der Waals surface area contributed by atoms with Crippen molar-refractivity contribution < 1.29 is 4.79 Å². The highest BCUT2D eigenvalue weighted by atomic mass is 16.2. The van der Waals surface area contributed by atoms with Gasteiger partial charge in [0.15, 0.2) is 0 Å². The largest absolute Gasteiger partial charge is 0.385 e. The first-order chi connectivity index (χ1) is 8.72. The van der Waals surface area contributed by atoms with Crippen molar-refractivity contribution >= 4 is 11.6 Å². The van der Waals surface area contributed by atoms with Crippen molar-refractivity contribution in [1.82, 2.24) is 4.90 Å². The number of hydrogen-bond donors (Lipinski definition) is 1. The van der Waals surface area contributed by atoms with E-state index in [-0.39, 0.29) is 5.91 Å². The lowest BCUT2D eigenvalue weighted by Crippen LogP contribution is -2.33. The molecule has 0 aliphatic carbocycles. The maximum atomic E-state index is 12.3. The van der Waals surface area contributed by atoms with Crippen molar-refractivity contribution in [2.24, 2.45) is 0 Å². The van der Waals surface area contributed by atoms with Crippen LogP contribution in [0.3, 0.4) is 0 Å². The quantitative estimate of drug-likeness (QED) is 0.885. The number of nitrogens with zero attached hydrogens (tertiary/aromatic N) is 1. The average molecular weight is 246 g/mol. The molecular formula is C15H22N2O. The first kappa shape index (κ1) is 12.9. The molecule has 1 heterocycles. The number of carbonyl (C=O) groups excluding carboxylic acids is 1. The molecule has 0 aromatic heterocycles. The van der Waals surface area contributed by atoms with Gasteiger partial charge in [0.1, 0.15) is 0 Å². The average Bonchev–Trinajstić information content (AvgIpc) is 2.82. The van der Waals surface area contributed by atoms with Gasteiger partial charge in [-0.05, 0) is 50.5 Å². The molecule has 98 valence electrons. The van der Waals surface area contributed by atoms with Crippen molar-refractivity contribution in [2.45, 2.75) is 39.2 Å². The predicted octanol–water partition coefficient (Wildman–Crippen LogP) is 3.13. The molecule has 1 amide bonds. The van der Waals surface area contributed by atoms with E-state index in [0.717, 1.165) is 43.6 Å². The van der Waals surface area contributed by atoms with E-state index < -0.39 is 0 Å². The van der Waals surface area contributed by atoms with Crippen LogP contribution in [0, 0.1) is 0 Å². The molecule has 1 aliphatic heterocycles. The van der Waals surface area contributed by atoms with E-state index in [0.29, 0.717) is 6.04 Å². The lowest BCUT2D eigenvalue weighted by atomic mass is 10.1. The molecule has 0 radical (unpaired) electrons. The molecule has 0 bridgehead atoms. The molecule has 1 aliphatic rings. The van der Waals surface area contributed by atoms with Gasteiger partial charge in [0.05, 0.1) is 0 Å². The van der Waals surface area contributed by atoms with Gasteiger partial charge in [0.25, 0.3) is 5.91 Å². The summed E-state index contributed by atoms with van der Waals surface area (Å²) < 4.78 is 0. The molecule has 3 nitrogen and oxygen atoms in total. The summed E-state index contributed by atoms with van der Waals surface area (Å²) in [5.41, 5.74) is 1.88. The van der Waals surface area contributed by atoms with Gasteiger partial charge in [-0.3, -0.25) is 4.79 Å². The zero-order valence-electron chi connectivity index (χ0n) is 11.3. The summed E-state index contributed by atoms with van der Waals surface area (Å²) in [6, 6.07) is 8.21. The van der Waals surface area contributed by atoms with Crippen LogP contribution in [0.15, 0.2) is 24.3 Å². The summed E-state index contributed by atoms with van der Waals surface area (Å²) in [5.74, 6) is 0.169. The lowest BCUT2D eigenvalue weighted by molar-refractivity contribution is 0.0747. The van der Waals surface area contributed by atoms with Crippen molar-refractivity contribution in [2.75, 3.05) is 18.4 Å². The Morgan fingerprint density at radius 2 is 2.11 bits per heavy atom. The van der Waals surface area contributed by atoms with Gasteiger partial charge in [-0.25, -0.2) is 0 Å². The van der Waals surface area contributed by atoms with E-state index in [9.17, 15) is 4.79 Å². The third-order valence-electron chi connectivity index (χ3n) is 3.52. The summed E-state index contributed by atoms with van der Waals surface area (Å²) in [7, 11) is 0. The number of nitrogens with one attached hydrogen (secondary N) is 1. The Morgan fingerprint density at radius 3 is 2.67 bits per heavy atom. The van der Waals surface area contributed by atoms with Crippen molar-refractivity contribution in [3.8, 4) is 0 Å². The van der Waals surface area contributed by atoms with Gasteiger partial charge in [0.2, 0.25) is 0 Å². The third kappa shape index (κ3) is 2.84. The van der Waals surface area contributed by atoms with E-state index in [1.807, 2.05) is 29.2 Å². The molecular weight excluding hydrogens is 224 g/mol. The van der Waals surface area contributed by atoms with Crippen LogP contribution in [0.25, 0.3) is 0 Å². The fourth-order valence-corrected chi connectivity index (χ4v) is 2.40. The Balaban J connectivity index is 2.02. The van der Waals surface area contributed by atoms with Crippen LogP contribution in [0.2, 0.25) is 0 Å². The second-order valence-electron chi connectivity index (χ2n) is 4.99. The Labute approximate surface area is 109 Å². The van der Waals surface area contributed by atoms with Gasteiger partial charge in [-0.1, -0.05) is 6.92 Å². The number of benzene rings is 1. The number of amides is 1. The molecule has 2 rings (SSSR count). The first-order valence-electron chi connectivity index (χ1n) is 6.87. The smallest absolute Gasteiger partial charge is 0.254 e. The minimum atomic E-state index is 0.169. The standard InChI is InChI=1S/C15H22N2O/c1-3-10-16-14-8-6-13(7-9-14)15(18)17-11-4-5-12(17)2/h6-9,12,16H,3-5,10-11H2,1-2H3. The number of likely N-dealkylation sites (tertiary alicyclic amines) is 1. The molecule has 1 aromatic carbocycles. The topological polar surface area (TPSA) is 32.3 Å². The van der Waals surface area contributed by atoms with E-state index in [1.54, 1.807) is 0 Å². The van der Waals surface area contributed by atoms with Crippen LogP contribution in [-0.4, -0.2) is 29.9 Å². The zero-order chi connectivity index (χ0) is 13.0. The van der Waals surface area contributed by atoms with Crippen LogP contribution in [0.4, 0.5) is 5.69 Å². The van der Waals surface area contributed by atoms with E-state index in [1.165, 1.54) is 0 Å². The highest BCUT2D eigenvalue weighted by Gasteiger charge is 2.25. The van der Waals surface area contributed by atoms with Gasteiger partial charge < -0.3 is 10.2 Å². The molecule has 18 heavy (non-hydrogen) atoms. The summed E-state index contributed by atoms with van der Waals surface area (Å²) in [5, 5.41) is 3.31. The molecule has 1 fully saturated rings. The molecule has 1 saturated heterocycles. The second-order valence-corrected chi connectivity index (χ2v) is 4.99. The fraction of sp³-hybridized carbons (Fsp3) is 0.533. The maximum absolute atomic E-state index is 12.3. The van der Waals surface area contributed by atoms with Gasteiger partial charge in [-0.2, -0.15) is 0 Å². The molecule has 1 unspecified atom stereocenters.